The zero-order valence-electron chi connectivity index (χ0n) is 18.1. The van der Waals surface area contributed by atoms with E-state index in [1.807, 2.05) is 18.2 Å². The zero-order valence-corrected chi connectivity index (χ0v) is 18.1. The van der Waals surface area contributed by atoms with Crippen molar-refractivity contribution < 1.29 is 28.5 Å². The number of nitrogens with zero attached hydrogens (tertiary/aromatic N) is 1. The molecule has 0 radical (unpaired) electrons. The summed E-state index contributed by atoms with van der Waals surface area (Å²) in [5.74, 6) is 1.03. The first-order valence-corrected chi connectivity index (χ1v) is 9.76. The van der Waals surface area contributed by atoms with E-state index in [4.69, 9.17) is 18.6 Å². The number of aromatic hydroxyl groups is 1. The predicted molar refractivity (Wildman–Crippen MR) is 120 cm³/mol. The maximum atomic E-state index is 13.0. The molecule has 8 nitrogen and oxygen atoms in total. The van der Waals surface area contributed by atoms with Crippen LogP contribution in [0.4, 0.5) is 5.69 Å². The minimum absolute atomic E-state index is 0.0299. The molecule has 0 spiro atoms. The number of carbonyl (C=O) groups excluding carboxylic acids is 1. The van der Waals surface area contributed by atoms with Gasteiger partial charge < -0.3 is 29.1 Å². The molecule has 0 aliphatic carbocycles. The van der Waals surface area contributed by atoms with Crippen molar-refractivity contribution in [2.24, 2.45) is 0 Å². The summed E-state index contributed by atoms with van der Waals surface area (Å²) in [7, 11) is 4.46. The Balaban J connectivity index is 1.70. The largest absolute Gasteiger partial charge is 0.507 e. The molecule has 164 valence electrons. The van der Waals surface area contributed by atoms with Gasteiger partial charge in [-0.25, -0.2) is 4.98 Å². The number of oxazole rings is 1. The van der Waals surface area contributed by atoms with E-state index < -0.39 is 5.91 Å². The van der Waals surface area contributed by atoms with Crippen molar-refractivity contribution in [3.8, 4) is 34.5 Å². The molecule has 0 aliphatic rings. The summed E-state index contributed by atoms with van der Waals surface area (Å²) in [4.78, 5) is 17.4. The van der Waals surface area contributed by atoms with Crippen molar-refractivity contribution in [3.05, 3.63) is 59.7 Å². The van der Waals surface area contributed by atoms with Gasteiger partial charge in [-0.15, -0.1) is 0 Å². The van der Waals surface area contributed by atoms with E-state index in [2.05, 4.69) is 10.3 Å². The third-order valence-corrected chi connectivity index (χ3v) is 5.01. The van der Waals surface area contributed by atoms with Crippen LogP contribution >= 0.6 is 0 Å². The Bertz CT molecular complexity index is 1250. The molecule has 2 N–H and O–H groups in total. The highest BCUT2D eigenvalue weighted by Gasteiger charge is 2.19. The summed E-state index contributed by atoms with van der Waals surface area (Å²) in [6, 6.07) is 13.7. The zero-order chi connectivity index (χ0) is 22.8. The van der Waals surface area contributed by atoms with Crippen LogP contribution in [0, 0.1) is 6.92 Å². The Hall–Kier alpha value is -4.20. The molecule has 4 rings (SSSR count). The quantitative estimate of drug-likeness (QED) is 0.421. The molecule has 32 heavy (non-hydrogen) atoms. The number of amides is 1. The Morgan fingerprint density at radius 3 is 2.31 bits per heavy atom. The van der Waals surface area contributed by atoms with Gasteiger partial charge in [-0.1, -0.05) is 12.1 Å². The van der Waals surface area contributed by atoms with Gasteiger partial charge in [-0.3, -0.25) is 4.79 Å². The van der Waals surface area contributed by atoms with Gasteiger partial charge in [0.25, 0.3) is 5.91 Å². The van der Waals surface area contributed by atoms with E-state index in [0.29, 0.717) is 50.7 Å². The van der Waals surface area contributed by atoms with Gasteiger partial charge in [0.2, 0.25) is 11.6 Å². The molecule has 1 heterocycles. The number of aromatic nitrogens is 1. The van der Waals surface area contributed by atoms with Crippen LogP contribution in [0.15, 0.2) is 52.9 Å². The fourth-order valence-electron chi connectivity index (χ4n) is 3.42. The Labute approximate surface area is 184 Å². The van der Waals surface area contributed by atoms with Crippen LogP contribution in [0.2, 0.25) is 0 Å². The molecule has 0 unspecified atom stereocenters. The lowest BCUT2D eigenvalue weighted by atomic mass is 10.1. The van der Waals surface area contributed by atoms with Gasteiger partial charge in [-0.2, -0.15) is 0 Å². The summed E-state index contributed by atoms with van der Waals surface area (Å²) >= 11 is 0. The van der Waals surface area contributed by atoms with Crippen molar-refractivity contribution in [1.82, 2.24) is 4.98 Å². The third kappa shape index (κ3) is 3.78. The maximum Gasteiger partial charge on any atom is 0.255 e. The fraction of sp³-hybridized carbons (Fsp3) is 0.167. The van der Waals surface area contributed by atoms with Crippen molar-refractivity contribution in [2.45, 2.75) is 6.92 Å². The first-order valence-electron chi connectivity index (χ1n) is 9.76. The van der Waals surface area contributed by atoms with Gasteiger partial charge >= 0.3 is 0 Å². The molecule has 1 amide bonds. The van der Waals surface area contributed by atoms with Crippen LogP contribution in [-0.4, -0.2) is 37.3 Å². The second-order valence-electron chi connectivity index (χ2n) is 7.04. The van der Waals surface area contributed by atoms with Crippen LogP contribution in [-0.2, 0) is 0 Å². The number of anilines is 1. The van der Waals surface area contributed by atoms with Crippen LogP contribution in [0.25, 0.3) is 22.6 Å². The SMILES string of the molecule is COc1cc(C(=O)Nc2cc(C)c(O)c(-c3nc4ccccc4o3)c2)cc(OC)c1OC. The summed E-state index contributed by atoms with van der Waals surface area (Å²) < 4.78 is 21.7. The van der Waals surface area contributed by atoms with Crippen molar-refractivity contribution in [1.29, 1.82) is 0 Å². The molecule has 0 aliphatic heterocycles. The maximum absolute atomic E-state index is 13.0. The Morgan fingerprint density at radius 1 is 1.00 bits per heavy atom. The smallest absolute Gasteiger partial charge is 0.255 e. The van der Waals surface area contributed by atoms with E-state index in [1.165, 1.54) is 21.3 Å². The number of ether oxygens (including phenoxy) is 3. The molecule has 3 aromatic carbocycles. The Morgan fingerprint density at radius 2 is 1.69 bits per heavy atom. The standard InChI is InChI=1S/C24H22N2O6/c1-13-9-15(12-16(21(13)27)24-26-17-7-5-6-8-18(17)32-24)25-23(28)14-10-19(29-2)22(31-4)20(11-14)30-3/h5-12,27H,1-4H3,(H,25,28). The highest BCUT2D eigenvalue weighted by Crippen LogP contribution is 2.39. The van der Waals surface area contributed by atoms with Crippen LogP contribution in [0.1, 0.15) is 15.9 Å². The monoisotopic (exact) mass is 434 g/mol. The molecule has 0 atom stereocenters. The number of phenolic OH excluding ortho intramolecular Hbond substituents is 1. The Kier molecular flexibility index (Phi) is 5.59. The number of hydrogen-bond donors (Lipinski definition) is 2. The van der Waals surface area contributed by atoms with E-state index >= 15 is 0 Å². The number of para-hydroxylation sites is 2. The van der Waals surface area contributed by atoms with E-state index in [1.54, 1.807) is 37.3 Å². The van der Waals surface area contributed by atoms with E-state index in [0.717, 1.165) is 0 Å². The number of hydrogen-bond acceptors (Lipinski definition) is 7. The van der Waals surface area contributed by atoms with Crippen molar-refractivity contribution in [2.75, 3.05) is 26.6 Å². The van der Waals surface area contributed by atoms with E-state index in [-0.39, 0.29) is 11.6 Å². The molecule has 0 bridgehead atoms. The average Bonchev–Trinajstić information content (AvgIpc) is 3.24. The first-order chi connectivity index (χ1) is 15.4. The van der Waals surface area contributed by atoms with Gasteiger partial charge in [0.05, 0.1) is 26.9 Å². The number of fused-ring (bicyclic) bond motifs is 1. The van der Waals surface area contributed by atoms with Crippen molar-refractivity contribution in [3.63, 3.8) is 0 Å². The lowest BCUT2D eigenvalue weighted by Gasteiger charge is -2.14. The minimum atomic E-state index is -0.391. The lowest BCUT2D eigenvalue weighted by molar-refractivity contribution is 0.102. The molecule has 4 aromatic rings. The lowest BCUT2D eigenvalue weighted by Crippen LogP contribution is -2.13. The topological polar surface area (TPSA) is 103 Å². The van der Waals surface area contributed by atoms with Gasteiger partial charge in [-0.05, 0) is 48.9 Å². The van der Waals surface area contributed by atoms with Crippen LogP contribution < -0.4 is 19.5 Å². The second kappa shape index (κ2) is 8.50. The van der Waals surface area contributed by atoms with Crippen LogP contribution in [0.3, 0.4) is 0 Å². The molecular weight excluding hydrogens is 412 g/mol. The third-order valence-electron chi connectivity index (χ3n) is 5.01. The molecular formula is C24H22N2O6. The van der Waals surface area contributed by atoms with Gasteiger partial charge in [0.15, 0.2) is 17.1 Å². The molecule has 0 fully saturated rings. The molecule has 0 saturated carbocycles. The predicted octanol–water partition coefficient (Wildman–Crippen LogP) is 4.79. The number of rotatable bonds is 6. The van der Waals surface area contributed by atoms with Crippen LogP contribution in [0.5, 0.6) is 23.0 Å². The summed E-state index contributed by atoms with van der Waals surface area (Å²) in [6.45, 7) is 1.73. The fourth-order valence-corrected chi connectivity index (χ4v) is 3.42. The summed E-state index contributed by atoms with van der Waals surface area (Å²) in [5.41, 5.74) is 2.99. The number of methoxy groups -OCH3 is 3. The summed E-state index contributed by atoms with van der Waals surface area (Å²) in [5, 5.41) is 13.4. The van der Waals surface area contributed by atoms with E-state index in [9.17, 15) is 9.90 Å². The molecule has 0 saturated heterocycles. The number of phenols is 1. The molecule has 1 aromatic heterocycles. The highest BCUT2D eigenvalue weighted by atomic mass is 16.5. The highest BCUT2D eigenvalue weighted by molar-refractivity contribution is 6.05. The molecule has 8 heteroatoms. The number of nitrogens with one attached hydrogen (secondary N) is 1. The van der Waals surface area contributed by atoms with Gasteiger partial charge in [0.1, 0.15) is 11.3 Å². The average molecular weight is 434 g/mol. The normalized spacial score (nSPS) is 10.8. The minimum Gasteiger partial charge on any atom is -0.507 e. The number of carbonyl (C=O) groups is 1. The van der Waals surface area contributed by atoms with Crippen molar-refractivity contribution >= 4 is 22.7 Å². The number of aryl methyl sites for hydroxylation is 1. The second-order valence-corrected chi connectivity index (χ2v) is 7.04. The summed E-state index contributed by atoms with van der Waals surface area (Å²) in [6.07, 6.45) is 0. The van der Waals surface area contributed by atoms with Gasteiger partial charge in [0, 0.05) is 11.3 Å². The first kappa shape index (κ1) is 21.0. The number of benzene rings is 3.